The summed E-state index contributed by atoms with van der Waals surface area (Å²) >= 11 is 0. The van der Waals surface area contributed by atoms with Gasteiger partial charge in [-0.25, -0.2) is 0 Å². The van der Waals surface area contributed by atoms with Gasteiger partial charge in [-0.2, -0.15) is 0 Å². The Morgan fingerprint density at radius 3 is 2.00 bits per heavy atom. The summed E-state index contributed by atoms with van der Waals surface area (Å²) in [7, 11) is -1.54. The lowest BCUT2D eigenvalue weighted by molar-refractivity contribution is 0.426. The van der Waals surface area contributed by atoms with E-state index in [9.17, 15) is 10.0 Å². The predicted octanol–water partition coefficient (Wildman–Crippen LogP) is 2.90. The summed E-state index contributed by atoms with van der Waals surface area (Å²) in [5.74, 6) is 0. The first kappa shape index (κ1) is 16.3. The maximum Gasteiger partial charge on any atom is 0.489 e. The number of para-hydroxylation sites is 1. The summed E-state index contributed by atoms with van der Waals surface area (Å²) in [4.78, 5) is 0. The number of rotatable bonds is 3. The number of hydrogen-bond donors (Lipinski definition) is 3. The van der Waals surface area contributed by atoms with Gasteiger partial charge in [0.15, 0.2) is 0 Å². The zero-order chi connectivity index (χ0) is 17.3. The van der Waals surface area contributed by atoms with Crippen molar-refractivity contribution in [2.45, 2.75) is 13.8 Å². The van der Waals surface area contributed by atoms with E-state index in [1.807, 2.05) is 30.3 Å². The zero-order valence-corrected chi connectivity index (χ0v) is 13.8. The highest BCUT2D eigenvalue weighted by atomic mass is 16.4. The van der Waals surface area contributed by atoms with Crippen molar-refractivity contribution in [1.82, 2.24) is 0 Å². The van der Waals surface area contributed by atoms with Crippen LogP contribution in [0.4, 0.5) is 5.69 Å². The molecule has 3 aromatic rings. The monoisotopic (exact) mass is 317 g/mol. The van der Waals surface area contributed by atoms with E-state index in [2.05, 4.69) is 32.0 Å². The molecule has 24 heavy (non-hydrogen) atoms. The average molecular weight is 317 g/mol. The number of nitrogen functional groups attached to an aromatic ring is 1. The van der Waals surface area contributed by atoms with E-state index in [4.69, 9.17) is 5.73 Å². The number of hydrogen-bond acceptors (Lipinski definition) is 3. The molecule has 0 bridgehead atoms. The summed E-state index contributed by atoms with van der Waals surface area (Å²) in [6.45, 7) is 4.13. The third-order valence-corrected chi connectivity index (χ3v) is 4.17. The molecule has 0 radical (unpaired) electrons. The largest absolute Gasteiger partial charge is 0.489 e. The van der Waals surface area contributed by atoms with Gasteiger partial charge in [0.2, 0.25) is 0 Å². The van der Waals surface area contributed by atoms with Crippen LogP contribution in [0.15, 0.2) is 60.7 Å². The summed E-state index contributed by atoms with van der Waals surface area (Å²) in [6, 6.07) is 19.4. The summed E-state index contributed by atoms with van der Waals surface area (Å²) < 4.78 is 0. The van der Waals surface area contributed by atoms with Crippen LogP contribution in [0, 0.1) is 13.8 Å². The van der Waals surface area contributed by atoms with Crippen molar-refractivity contribution in [2.75, 3.05) is 5.73 Å². The van der Waals surface area contributed by atoms with Crippen molar-refractivity contribution >= 4 is 18.3 Å². The second kappa shape index (κ2) is 6.52. The van der Waals surface area contributed by atoms with Gasteiger partial charge in [-0.3, -0.25) is 0 Å². The standard InChI is InChI=1S/C20H20BNO2/c1-13-10-14(2)12-15(11-13)16-7-5-8-18(20(16)22)17-6-3-4-9-19(17)21(23)24/h3-12,23-24H,22H2,1-2H3. The van der Waals surface area contributed by atoms with Gasteiger partial charge in [-0.15, -0.1) is 0 Å². The Labute approximate surface area is 142 Å². The quantitative estimate of drug-likeness (QED) is 0.514. The van der Waals surface area contributed by atoms with Crippen LogP contribution >= 0.6 is 0 Å². The fourth-order valence-electron chi connectivity index (χ4n) is 3.15. The first-order valence-corrected chi connectivity index (χ1v) is 7.90. The Bertz CT molecular complexity index is 870. The van der Waals surface area contributed by atoms with E-state index in [1.54, 1.807) is 12.1 Å². The van der Waals surface area contributed by atoms with Gasteiger partial charge in [0, 0.05) is 16.8 Å². The van der Waals surface area contributed by atoms with Crippen molar-refractivity contribution < 1.29 is 10.0 Å². The molecule has 0 unspecified atom stereocenters. The van der Waals surface area contributed by atoms with Crippen molar-refractivity contribution in [3.63, 3.8) is 0 Å². The Balaban J connectivity index is 2.20. The molecule has 3 nitrogen and oxygen atoms in total. The maximum absolute atomic E-state index is 9.63. The van der Waals surface area contributed by atoms with Gasteiger partial charge < -0.3 is 15.8 Å². The second-order valence-electron chi connectivity index (χ2n) is 6.10. The Morgan fingerprint density at radius 1 is 0.750 bits per heavy atom. The smallest absolute Gasteiger partial charge is 0.423 e. The van der Waals surface area contributed by atoms with Crippen LogP contribution in [0.25, 0.3) is 22.3 Å². The van der Waals surface area contributed by atoms with E-state index >= 15 is 0 Å². The van der Waals surface area contributed by atoms with Crippen molar-refractivity contribution in [3.8, 4) is 22.3 Å². The number of benzene rings is 3. The molecule has 0 heterocycles. The minimum absolute atomic E-state index is 0.446. The van der Waals surface area contributed by atoms with Gasteiger partial charge in [-0.1, -0.05) is 71.8 Å². The van der Waals surface area contributed by atoms with Gasteiger partial charge >= 0.3 is 7.12 Å². The number of anilines is 1. The SMILES string of the molecule is Cc1cc(C)cc(-c2cccc(-c3ccccc3B(O)O)c2N)c1. The first-order valence-electron chi connectivity index (χ1n) is 7.90. The van der Waals surface area contributed by atoms with Crippen LogP contribution in [-0.4, -0.2) is 17.2 Å². The van der Waals surface area contributed by atoms with Crippen LogP contribution in [0.1, 0.15) is 11.1 Å². The number of aryl methyl sites for hydroxylation is 2. The van der Waals surface area contributed by atoms with E-state index < -0.39 is 7.12 Å². The first-order chi connectivity index (χ1) is 11.5. The highest BCUT2D eigenvalue weighted by molar-refractivity contribution is 6.60. The minimum Gasteiger partial charge on any atom is -0.423 e. The van der Waals surface area contributed by atoms with Crippen LogP contribution < -0.4 is 11.2 Å². The van der Waals surface area contributed by atoms with E-state index in [1.165, 1.54) is 11.1 Å². The van der Waals surface area contributed by atoms with Gasteiger partial charge in [0.1, 0.15) is 0 Å². The second-order valence-corrected chi connectivity index (χ2v) is 6.10. The highest BCUT2D eigenvalue weighted by Gasteiger charge is 2.18. The Hall–Kier alpha value is -2.56. The molecule has 0 aromatic heterocycles. The van der Waals surface area contributed by atoms with Crippen LogP contribution in [0.5, 0.6) is 0 Å². The molecule has 0 saturated heterocycles. The Kier molecular flexibility index (Phi) is 4.43. The third kappa shape index (κ3) is 3.07. The lowest BCUT2D eigenvalue weighted by Crippen LogP contribution is -2.31. The van der Waals surface area contributed by atoms with Crippen LogP contribution in [0.2, 0.25) is 0 Å². The lowest BCUT2D eigenvalue weighted by atomic mass is 9.75. The van der Waals surface area contributed by atoms with Crippen molar-refractivity contribution in [3.05, 3.63) is 71.8 Å². The van der Waals surface area contributed by atoms with Gasteiger partial charge in [-0.05, 0) is 30.4 Å². The molecule has 4 heteroatoms. The van der Waals surface area contributed by atoms with E-state index in [0.29, 0.717) is 11.2 Å². The van der Waals surface area contributed by atoms with E-state index in [-0.39, 0.29) is 0 Å². The number of nitrogens with two attached hydrogens (primary N) is 1. The minimum atomic E-state index is -1.54. The van der Waals surface area contributed by atoms with Gasteiger partial charge in [0.05, 0.1) is 0 Å². The molecular formula is C20H20BNO2. The molecule has 0 saturated carbocycles. The molecule has 0 atom stereocenters. The molecular weight excluding hydrogens is 297 g/mol. The predicted molar refractivity (Wildman–Crippen MR) is 101 cm³/mol. The summed E-state index contributed by atoms with van der Waals surface area (Å²) in [5.41, 5.74) is 13.4. The molecule has 3 aromatic carbocycles. The normalized spacial score (nSPS) is 10.7. The molecule has 0 aliphatic heterocycles. The molecule has 4 N–H and O–H groups in total. The zero-order valence-electron chi connectivity index (χ0n) is 13.8. The molecule has 0 spiro atoms. The van der Waals surface area contributed by atoms with Crippen LogP contribution in [-0.2, 0) is 0 Å². The maximum atomic E-state index is 9.63. The van der Waals surface area contributed by atoms with Gasteiger partial charge in [0.25, 0.3) is 0 Å². The summed E-state index contributed by atoms with van der Waals surface area (Å²) in [6.07, 6.45) is 0. The highest BCUT2D eigenvalue weighted by Crippen LogP contribution is 2.34. The van der Waals surface area contributed by atoms with E-state index in [0.717, 1.165) is 22.3 Å². The molecule has 120 valence electrons. The topological polar surface area (TPSA) is 66.5 Å². The summed E-state index contributed by atoms with van der Waals surface area (Å²) in [5, 5.41) is 19.3. The Morgan fingerprint density at radius 2 is 1.33 bits per heavy atom. The molecule has 0 aliphatic carbocycles. The fourth-order valence-corrected chi connectivity index (χ4v) is 3.15. The molecule has 3 rings (SSSR count). The van der Waals surface area contributed by atoms with Crippen molar-refractivity contribution in [2.24, 2.45) is 0 Å². The molecule has 0 amide bonds. The van der Waals surface area contributed by atoms with Crippen LogP contribution in [0.3, 0.4) is 0 Å². The fraction of sp³-hybridized carbons (Fsp3) is 0.100. The molecule has 0 aliphatic rings. The molecule has 0 fully saturated rings. The van der Waals surface area contributed by atoms with Crippen molar-refractivity contribution in [1.29, 1.82) is 0 Å². The average Bonchev–Trinajstić information content (AvgIpc) is 2.54. The lowest BCUT2D eigenvalue weighted by Gasteiger charge is -2.15. The third-order valence-electron chi connectivity index (χ3n) is 4.17.